The van der Waals surface area contributed by atoms with Gasteiger partial charge in [0, 0.05) is 18.0 Å². The van der Waals surface area contributed by atoms with Crippen LogP contribution in [0.3, 0.4) is 0 Å². The van der Waals surface area contributed by atoms with Crippen molar-refractivity contribution in [3.05, 3.63) is 52.2 Å². The van der Waals surface area contributed by atoms with Crippen LogP contribution in [-0.4, -0.2) is 22.0 Å². The highest BCUT2D eigenvalue weighted by molar-refractivity contribution is 7.89. The average molecular weight is 310 g/mol. The fourth-order valence-electron chi connectivity index (χ4n) is 1.91. The Kier molecular flexibility index (Phi) is 5.31. The molecule has 6 heteroatoms. The number of sulfonamides is 1. The highest BCUT2D eigenvalue weighted by Gasteiger charge is 2.18. The van der Waals surface area contributed by atoms with Gasteiger partial charge in [0.05, 0.1) is 4.90 Å². The van der Waals surface area contributed by atoms with Crippen LogP contribution in [-0.2, 0) is 23.0 Å². The van der Waals surface area contributed by atoms with Gasteiger partial charge >= 0.3 is 0 Å². The topological polar surface area (TPSA) is 58.2 Å². The average Bonchev–Trinajstić information content (AvgIpc) is 2.89. The van der Waals surface area contributed by atoms with Crippen molar-refractivity contribution in [2.24, 2.45) is 0 Å². The second kappa shape index (κ2) is 6.99. The van der Waals surface area contributed by atoms with Gasteiger partial charge < -0.3 is 5.32 Å². The monoisotopic (exact) mass is 310 g/mol. The van der Waals surface area contributed by atoms with Gasteiger partial charge in [0.15, 0.2) is 0 Å². The van der Waals surface area contributed by atoms with Gasteiger partial charge in [0.2, 0.25) is 10.0 Å². The third-order valence-electron chi connectivity index (χ3n) is 2.88. The van der Waals surface area contributed by atoms with E-state index in [-0.39, 0.29) is 0 Å². The smallest absolute Gasteiger partial charge is 0.241 e. The number of hydrogen-bond donors (Lipinski definition) is 2. The Morgan fingerprint density at radius 3 is 2.60 bits per heavy atom. The molecule has 0 fully saturated rings. The number of benzene rings is 1. The molecule has 0 aliphatic carbocycles. The minimum Gasteiger partial charge on any atom is -0.315 e. The van der Waals surface area contributed by atoms with Gasteiger partial charge in [-0.15, -0.1) is 11.3 Å². The lowest BCUT2D eigenvalue weighted by atomic mass is 10.2. The molecule has 108 valence electrons. The normalized spacial score (nSPS) is 11.7. The lowest BCUT2D eigenvalue weighted by Gasteiger charge is -2.07. The van der Waals surface area contributed by atoms with Crippen molar-refractivity contribution >= 4 is 21.4 Å². The summed E-state index contributed by atoms with van der Waals surface area (Å²) in [4.78, 5) is 1.21. The fourth-order valence-corrected chi connectivity index (χ4v) is 4.40. The Bertz CT molecular complexity index is 636. The second-order valence-electron chi connectivity index (χ2n) is 4.37. The zero-order chi connectivity index (χ0) is 14.4. The Labute approximate surface area is 123 Å². The van der Waals surface area contributed by atoms with Crippen LogP contribution in [0, 0.1) is 0 Å². The predicted octanol–water partition coefficient (Wildman–Crippen LogP) is 1.99. The summed E-state index contributed by atoms with van der Waals surface area (Å²) in [5.74, 6) is 0. The van der Waals surface area contributed by atoms with Crippen LogP contribution >= 0.6 is 11.3 Å². The van der Waals surface area contributed by atoms with Gasteiger partial charge in [0.1, 0.15) is 0 Å². The molecule has 2 aromatic rings. The maximum Gasteiger partial charge on any atom is 0.241 e. The van der Waals surface area contributed by atoms with Crippen molar-refractivity contribution in [3.8, 4) is 0 Å². The number of rotatable bonds is 7. The summed E-state index contributed by atoms with van der Waals surface area (Å²) in [6.07, 6.45) is 0.686. The Balaban J connectivity index is 1.99. The molecule has 0 atom stereocenters. The van der Waals surface area contributed by atoms with Crippen LogP contribution in [0.1, 0.15) is 10.4 Å². The molecule has 1 aromatic heterocycles. The molecule has 4 nitrogen and oxygen atoms in total. The Hall–Kier alpha value is -1.21. The standard InChI is InChI=1S/C14H18N2O2S2/c1-15-11-13-14(8-10-19-13)20(17,18)16-9-7-12-5-3-2-4-6-12/h2-6,8,10,15-16H,7,9,11H2,1H3. The van der Waals surface area contributed by atoms with Gasteiger partial charge in [-0.2, -0.15) is 0 Å². The van der Waals surface area contributed by atoms with E-state index >= 15 is 0 Å². The molecule has 2 rings (SSSR count). The van der Waals surface area contributed by atoms with Gasteiger partial charge in [-0.05, 0) is 30.5 Å². The highest BCUT2D eigenvalue weighted by atomic mass is 32.2. The molecule has 1 heterocycles. The van der Waals surface area contributed by atoms with Crippen molar-refractivity contribution in [1.29, 1.82) is 0 Å². The molecule has 0 aliphatic rings. The van der Waals surface area contributed by atoms with Crippen LogP contribution in [0.15, 0.2) is 46.7 Å². The van der Waals surface area contributed by atoms with Crippen molar-refractivity contribution in [2.75, 3.05) is 13.6 Å². The lowest BCUT2D eigenvalue weighted by molar-refractivity contribution is 0.580. The van der Waals surface area contributed by atoms with E-state index in [2.05, 4.69) is 10.0 Å². The SMILES string of the molecule is CNCc1sccc1S(=O)(=O)NCCc1ccccc1. The molecule has 20 heavy (non-hydrogen) atoms. The first-order valence-electron chi connectivity index (χ1n) is 6.38. The van der Waals surface area contributed by atoms with Crippen LogP contribution in [0.4, 0.5) is 0 Å². The molecule has 0 unspecified atom stereocenters. The van der Waals surface area contributed by atoms with Gasteiger partial charge in [-0.3, -0.25) is 0 Å². The zero-order valence-electron chi connectivity index (χ0n) is 11.3. The maximum atomic E-state index is 12.2. The predicted molar refractivity (Wildman–Crippen MR) is 82.4 cm³/mol. The molecule has 0 saturated carbocycles. The van der Waals surface area contributed by atoms with Crippen LogP contribution in [0.2, 0.25) is 0 Å². The summed E-state index contributed by atoms with van der Waals surface area (Å²) in [6, 6.07) is 11.5. The van der Waals surface area contributed by atoms with Gasteiger partial charge in [0.25, 0.3) is 0 Å². The molecule has 0 bridgehead atoms. The summed E-state index contributed by atoms with van der Waals surface area (Å²) in [5.41, 5.74) is 1.12. The summed E-state index contributed by atoms with van der Waals surface area (Å²) in [7, 11) is -1.62. The van der Waals surface area contributed by atoms with Crippen molar-refractivity contribution in [2.45, 2.75) is 17.9 Å². The third kappa shape index (κ3) is 3.89. The van der Waals surface area contributed by atoms with Crippen LogP contribution < -0.4 is 10.0 Å². The first kappa shape index (κ1) is 15.2. The Morgan fingerprint density at radius 2 is 1.90 bits per heavy atom. The van der Waals surface area contributed by atoms with E-state index in [9.17, 15) is 8.42 Å². The van der Waals surface area contributed by atoms with Crippen molar-refractivity contribution < 1.29 is 8.42 Å². The quantitative estimate of drug-likeness (QED) is 0.822. The first-order valence-corrected chi connectivity index (χ1v) is 8.74. The summed E-state index contributed by atoms with van der Waals surface area (Å²) in [6.45, 7) is 0.966. The van der Waals surface area contributed by atoms with E-state index in [1.165, 1.54) is 11.3 Å². The van der Waals surface area contributed by atoms with E-state index in [1.807, 2.05) is 30.3 Å². The molecule has 0 radical (unpaired) electrons. The fraction of sp³-hybridized carbons (Fsp3) is 0.286. The number of thiophene rings is 1. The lowest BCUT2D eigenvalue weighted by Crippen LogP contribution is -2.26. The zero-order valence-corrected chi connectivity index (χ0v) is 12.9. The van der Waals surface area contributed by atoms with Gasteiger partial charge in [-0.1, -0.05) is 30.3 Å². The van der Waals surface area contributed by atoms with E-state index in [1.54, 1.807) is 18.5 Å². The molecule has 2 N–H and O–H groups in total. The van der Waals surface area contributed by atoms with E-state index in [4.69, 9.17) is 0 Å². The molecule has 0 spiro atoms. The first-order chi connectivity index (χ1) is 9.63. The summed E-state index contributed by atoms with van der Waals surface area (Å²) in [5, 5.41) is 4.79. The molecule has 1 aromatic carbocycles. The van der Waals surface area contributed by atoms with Gasteiger partial charge in [-0.25, -0.2) is 13.1 Å². The van der Waals surface area contributed by atoms with E-state index in [0.29, 0.717) is 24.4 Å². The second-order valence-corrected chi connectivity index (χ2v) is 7.11. The number of hydrogen-bond acceptors (Lipinski definition) is 4. The molecule has 0 aliphatic heterocycles. The van der Waals surface area contributed by atoms with E-state index in [0.717, 1.165) is 10.4 Å². The third-order valence-corrected chi connectivity index (χ3v) is 5.48. The summed E-state index contributed by atoms with van der Waals surface area (Å²) >= 11 is 1.45. The van der Waals surface area contributed by atoms with E-state index < -0.39 is 10.0 Å². The maximum absolute atomic E-state index is 12.2. The van der Waals surface area contributed by atoms with Crippen LogP contribution in [0.25, 0.3) is 0 Å². The van der Waals surface area contributed by atoms with Crippen LogP contribution in [0.5, 0.6) is 0 Å². The Morgan fingerprint density at radius 1 is 1.15 bits per heavy atom. The largest absolute Gasteiger partial charge is 0.315 e. The minimum absolute atomic E-state index is 0.380. The van der Waals surface area contributed by atoms with Crippen molar-refractivity contribution in [3.63, 3.8) is 0 Å². The minimum atomic E-state index is -3.42. The number of nitrogens with one attached hydrogen (secondary N) is 2. The van der Waals surface area contributed by atoms with Crippen molar-refractivity contribution in [1.82, 2.24) is 10.0 Å². The molecule has 0 amide bonds. The molecular weight excluding hydrogens is 292 g/mol. The highest BCUT2D eigenvalue weighted by Crippen LogP contribution is 2.21. The molecule has 0 saturated heterocycles. The molecular formula is C14H18N2O2S2. The summed E-state index contributed by atoms with van der Waals surface area (Å²) < 4.78 is 27.2.